The Morgan fingerprint density at radius 2 is 1.76 bits per heavy atom. The zero-order valence-electron chi connectivity index (χ0n) is 15.2. The van der Waals surface area contributed by atoms with E-state index in [1.54, 1.807) is 17.5 Å². The molecule has 3 rings (SSSR count). The van der Waals surface area contributed by atoms with E-state index in [0.29, 0.717) is 9.90 Å². The lowest BCUT2D eigenvalue weighted by molar-refractivity contribution is 0.569. The normalized spacial score (nSPS) is 13.3. The van der Waals surface area contributed by atoms with Gasteiger partial charge in [0.2, 0.25) is 10.0 Å². The summed E-state index contributed by atoms with van der Waals surface area (Å²) < 4.78 is 67.4. The van der Waals surface area contributed by atoms with Gasteiger partial charge in [0.25, 0.3) is 0 Å². The zero-order chi connectivity index (χ0) is 21.2. The van der Waals surface area contributed by atoms with Gasteiger partial charge in [-0.3, -0.25) is 0 Å². The Balaban J connectivity index is 1.94. The van der Waals surface area contributed by atoms with Crippen molar-refractivity contribution in [1.82, 2.24) is 4.72 Å². The molecule has 0 bridgehead atoms. The molecule has 154 valence electrons. The number of aryl methyl sites for hydroxylation is 1. The van der Waals surface area contributed by atoms with Crippen LogP contribution in [0.1, 0.15) is 15.7 Å². The van der Waals surface area contributed by atoms with E-state index in [1.165, 1.54) is 42.5 Å². The summed E-state index contributed by atoms with van der Waals surface area (Å²) in [7, 11) is -7.94. The molecule has 0 saturated heterocycles. The Bertz CT molecular complexity index is 1210. The SMILES string of the molecule is Cc1cc(F)ccc1S(=O)(=O)NC[C@@H](c1cccs1)S(=O)(=O)c1ccc(Cl)cc1. The van der Waals surface area contributed by atoms with Gasteiger partial charge in [0.15, 0.2) is 9.84 Å². The van der Waals surface area contributed by atoms with Crippen LogP contribution in [0.5, 0.6) is 0 Å². The van der Waals surface area contributed by atoms with Gasteiger partial charge < -0.3 is 0 Å². The topological polar surface area (TPSA) is 80.3 Å². The molecule has 0 aliphatic carbocycles. The number of sulfonamides is 1. The molecule has 1 atom stereocenters. The highest BCUT2D eigenvalue weighted by Crippen LogP contribution is 2.32. The van der Waals surface area contributed by atoms with Crippen LogP contribution in [0.15, 0.2) is 69.8 Å². The van der Waals surface area contributed by atoms with Crippen LogP contribution < -0.4 is 4.72 Å². The first-order valence-electron chi connectivity index (χ1n) is 8.40. The van der Waals surface area contributed by atoms with E-state index in [9.17, 15) is 21.2 Å². The van der Waals surface area contributed by atoms with Crippen molar-refractivity contribution in [2.45, 2.75) is 22.0 Å². The summed E-state index contributed by atoms with van der Waals surface area (Å²) >= 11 is 7.06. The highest BCUT2D eigenvalue weighted by molar-refractivity contribution is 7.92. The van der Waals surface area contributed by atoms with Crippen LogP contribution in [-0.4, -0.2) is 23.4 Å². The van der Waals surface area contributed by atoms with Crippen molar-refractivity contribution in [1.29, 1.82) is 0 Å². The number of halogens is 2. The molecule has 5 nitrogen and oxygen atoms in total. The third-order valence-corrected chi connectivity index (χ3v) is 9.33. The summed E-state index contributed by atoms with van der Waals surface area (Å²) in [5, 5.41) is 0.988. The van der Waals surface area contributed by atoms with Gasteiger partial charge in [0.1, 0.15) is 11.1 Å². The Morgan fingerprint density at radius 1 is 1.07 bits per heavy atom. The average Bonchev–Trinajstić information content (AvgIpc) is 3.15. The van der Waals surface area contributed by atoms with Crippen LogP contribution in [0, 0.1) is 12.7 Å². The largest absolute Gasteiger partial charge is 0.240 e. The fraction of sp³-hybridized carbons (Fsp3) is 0.158. The van der Waals surface area contributed by atoms with Gasteiger partial charge in [-0.05, 0) is 66.4 Å². The maximum absolute atomic E-state index is 13.3. The molecule has 0 fully saturated rings. The first kappa shape index (κ1) is 21.9. The number of sulfone groups is 1. The maximum atomic E-state index is 13.3. The van der Waals surface area contributed by atoms with Crippen LogP contribution in [0.25, 0.3) is 0 Å². The van der Waals surface area contributed by atoms with E-state index in [1.807, 2.05) is 0 Å². The molecule has 1 heterocycles. The van der Waals surface area contributed by atoms with E-state index in [-0.39, 0.29) is 21.9 Å². The number of rotatable bonds is 7. The van der Waals surface area contributed by atoms with Crippen molar-refractivity contribution < 1.29 is 21.2 Å². The lowest BCUT2D eigenvalue weighted by Crippen LogP contribution is -2.32. The first-order valence-corrected chi connectivity index (χ1v) is 12.7. The number of thiophene rings is 1. The molecule has 3 aromatic rings. The predicted molar refractivity (Wildman–Crippen MR) is 112 cm³/mol. The summed E-state index contributed by atoms with van der Waals surface area (Å²) in [4.78, 5) is 0.434. The fourth-order valence-corrected chi connectivity index (χ4v) is 7.09. The molecule has 0 saturated carbocycles. The van der Waals surface area contributed by atoms with Crippen molar-refractivity contribution in [2.75, 3.05) is 6.54 Å². The molecular weight excluding hydrogens is 457 g/mol. The van der Waals surface area contributed by atoms with Crippen LogP contribution in [-0.2, 0) is 19.9 Å². The second-order valence-corrected chi connectivity index (χ2v) is 11.5. The molecule has 1 aromatic heterocycles. The highest BCUT2D eigenvalue weighted by atomic mass is 35.5. The second-order valence-electron chi connectivity index (χ2n) is 6.26. The van der Waals surface area contributed by atoms with Crippen LogP contribution in [0.4, 0.5) is 4.39 Å². The van der Waals surface area contributed by atoms with Gasteiger partial charge in [0.05, 0.1) is 9.79 Å². The first-order chi connectivity index (χ1) is 13.6. The van der Waals surface area contributed by atoms with E-state index in [0.717, 1.165) is 18.2 Å². The number of nitrogens with one attached hydrogen (secondary N) is 1. The van der Waals surface area contributed by atoms with Gasteiger partial charge in [-0.1, -0.05) is 17.7 Å². The molecule has 0 radical (unpaired) electrons. The molecule has 0 spiro atoms. The predicted octanol–water partition coefficient (Wildman–Crippen LogP) is 4.34. The standard InChI is InChI=1S/C19H17ClFNO4S3/c1-13-11-15(21)6-9-18(13)29(25,26)22-12-19(17-3-2-10-27-17)28(23,24)16-7-4-14(20)5-8-16/h2-11,19,22H,12H2,1H3/t19-/m0/s1. The quantitative estimate of drug-likeness (QED) is 0.553. The molecular formula is C19H17ClFNO4S3. The van der Waals surface area contributed by atoms with Gasteiger partial charge in [-0.2, -0.15) is 0 Å². The molecule has 2 aromatic carbocycles. The molecule has 1 N–H and O–H groups in total. The Morgan fingerprint density at radius 3 is 2.34 bits per heavy atom. The third kappa shape index (κ3) is 4.87. The highest BCUT2D eigenvalue weighted by Gasteiger charge is 2.32. The van der Waals surface area contributed by atoms with Crippen molar-refractivity contribution in [3.63, 3.8) is 0 Å². The maximum Gasteiger partial charge on any atom is 0.240 e. The molecule has 29 heavy (non-hydrogen) atoms. The van der Waals surface area contributed by atoms with E-state index < -0.39 is 30.9 Å². The van der Waals surface area contributed by atoms with Gasteiger partial charge in [-0.25, -0.2) is 25.9 Å². The van der Waals surface area contributed by atoms with Gasteiger partial charge in [0, 0.05) is 16.4 Å². The molecule has 0 aliphatic rings. The number of benzene rings is 2. The minimum Gasteiger partial charge on any atom is -0.223 e. The number of hydrogen-bond donors (Lipinski definition) is 1. The average molecular weight is 474 g/mol. The van der Waals surface area contributed by atoms with Crippen molar-refractivity contribution in [2.24, 2.45) is 0 Å². The lowest BCUT2D eigenvalue weighted by Gasteiger charge is -2.18. The zero-order valence-corrected chi connectivity index (χ0v) is 18.4. The second kappa shape index (κ2) is 8.53. The molecule has 0 aliphatic heterocycles. The van der Waals surface area contributed by atoms with E-state index >= 15 is 0 Å². The Hall–Kier alpha value is -1.78. The fourth-order valence-electron chi connectivity index (χ4n) is 2.80. The smallest absolute Gasteiger partial charge is 0.223 e. The minimum absolute atomic E-state index is 0.0393. The minimum atomic E-state index is -4.04. The van der Waals surface area contributed by atoms with Crippen LogP contribution in [0.3, 0.4) is 0 Å². The van der Waals surface area contributed by atoms with Crippen LogP contribution >= 0.6 is 22.9 Å². The van der Waals surface area contributed by atoms with Crippen molar-refractivity contribution in [3.8, 4) is 0 Å². The Kier molecular flexibility index (Phi) is 6.45. The summed E-state index contributed by atoms with van der Waals surface area (Å²) in [5.74, 6) is -0.553. The summed E-state index contributed by atoms with van der Waals surface area (Å²) in [6.45, 7) is 1.10. The van der Waals surface area contributed by atoms with Crippen molar-refractivity contribution >= 4 is 42.8 Å². The summed E-state index contributed by atoms with van der Waals surface area (Å²) in [6, 6.07) is 12.3. The van der Waals surface area contributed by atoms with E-state index in [2.05, 4.69) is 4.72 Å². The lowest BCUT2D eigenvalue weighted by atomic mass is 10.2. The third-order valence-electron chi connectivity index (χ3n) is 4.26. The summed E-state index contributed by atoms with van der Waals surface area (Å²) in [5.41, 5.74) is 0.228. The van der Waals surface area contributed by atoms with Gasteiger partial charge >= 0.3 is 0 Å². The molecule has 10 heteroatoms. The van der Waals surface area contributed by atoms with E-state index in [4.69, 9.17) is 11.6 Å². The number of hydrogen-bond acceptors (Lipinski definition) is 5. The van der Waals surface area contributed by atoms with Crippen molar-refractivity contribution in [3.05, 3.63) is 81.3 Å². The Labute approximate surface area is 178 Å². The molecule has 0 amide bonds. The van der Waals surface area contributed by atoms with Gasteiger partial charge in [-0.15, -0.1) is 11.3 Å². The molecule has 0 unspecified atom stereocenters. The summed E-state index contributed by atoms with van der Waals surface area (Å²) in [6.07, 6.45) is 0. The van der Waals surface area contributed by atoms with Crippen LogP contribution in [0.2, 0.25) is 5.02 Å². The monoisotopic (exact) mass is 473 g/mol.